The van der Waals surface area contributed by atoms with Gasteiger partial charge in [0.1, 0.15) is 0 Å². The molecule has 0 amide bonds. The first-order valence-corrected chi connectivity index (χ1v) is 6.65. The average molecular weight is 272 g/mol. The molecule has 0 saturated carbocycles. The van der Waals surface area contributed by atoms with Gasteiger partial charge in [-0.05, 0) is 17.7 Å². The van der Waals surface area contributed by atoms with Crippen LogP contribution >= 0.6 is 11.8 Å². The molecule has 96 valence electrons. The zero-order valence-electron chi connectivity index (χ0n) is 9.44. The number of amidine groups is 1. The minimum absolute atomic E-state index is 0.157. The van der Waals surface area contributed by atoms with Crippen molar-refractivity contribution in [2.24, 2.45) is 4.99 Å². The molecule has 0 N–H and O–H groups in total. The third kappa shape index (κ3) is 2.09. The highest BCUT2D eigenvalue weighted by Crippen LogP contribution is 2.35. The fourth-order valence-electron chi connectivity index (χ4n) is 2.21. The summed E-state index contributed by atoms with van der Waals surface area (Å²) in [6, 6.07) is 5.32. The van der Waals surface area contributed by atoms with Gasteiger partial charge in [-0.3, -0.25) is 4.99 Å². The van der Waals surface area contributed by atoms with Crippen LogP contribution in [0.4, 0.5) is 13.2 Å². The predicted octanol–water partition coefficient (Wildman–Crippen LogP) is 3.16. The molecule has 1 fully saturated rings. The van der Waals surface area contributed by atoms with Gasteiger partial charge in [0.15, 0.2) is 5.17 Å². The van der Waals surface area contributed by atoms with Crippen molar-refractivity contribution in [2.75, 3.05) is 18.8 Å². The molecule has 1 aromatic carbocycles. The lowest BCUT2D eigenvalue weighted by atomic mass is 10.0. The summed E-state index contributed by atoms with van der Waals surface area (Å²) in [5.41, 5.74) is 0.0484. The molecule has 0 bridgehead atoms. The lowest BCUT2D eigenvalue weighted by molar-refractivity contribution is -0.137. The number of benzene rings is 1. The number of aliphatic imine (C=N–C) groups is 1. The molecule has 1 unspecified atom stereocenters. The number of halogens is 3. The van der Waals surface area contributed by atoms with Crippen molar-refractivity contribution < 1.29 is 13.2 Å². The predicted molar refractivity (Wildman–Crippen MR) is 65.7 cm³/mol. The van der Waals surface area contributed by atoms with Crippen LogP contribution in [0.2, 0.25) is 0 Å². The van der Waals surface area contributed by atoms with Gasteiger partial charge in [-0.1, -0.05) is 23.9 Å². The summed E-state index contributed by atoms with van der Waals surface area (Å²) in [7, 11) is 0. The number of fused-ring (bicyclic) bond motifs is 1. The summed E-state index contributed by atoms with van der Waals surface area (Å²) in [5, 5.41) is 0.970. The second kappa shape index (κ2) is 4.19. The first-order valence-electron chi connectivity index (χ1n) is 5.67. The van der Waals surface area contributed by atoms with Crippen LogP contribution in [0, 0.1) is 0 Å². The van der Waals surface area contributed by atoms with Crippen molar-refractivity contribution >= 4 is 16.9 Å². The molecule has 2 aliphatic heterocycles. The molecule has 0 aliphatic carbocycles. The van der Waals surface area contributed by atoms with E-state index in [4.69, 9.17) is 0 Å². The summed E-state index contributed by atoms with van der Waals surface area (Å²) in [6.07, 6.45) is -4.29. The molecule has 0 aromatic heterocycles. The van der Waals surface area contributed by atoms with Gasteiger partial charge < -0.3 is 4.90 Å². The van der Waals surface area contributed by atoms with Crippen LogP contribution in [0.15, 0.2) is 29.3 Å². The Morgan fingerprint density at radius 3 is 2.89 bits per heavy atom. The highest BCUT2D eigenvalue weighted by Gasteiger charge is 2.33. The molecule has 18 heavy (non-hydrogen) atoms. The van der Waals surface area contributed by atoms with Crippen molar-refractivity contribution in [1.29, 1.82) is 0 Å². The molecular weight excluding hydrogens is 261 g/mol. The molecule has 2 aliphatic rings. The van der Waals surface area contributed by atoms with Gasteiger partial charge in [0, 0.05) is 18.8 Å². The van der Waals surface area contributed by atoms with E-state index in [1.807, 2.05) is 0 Å². The normalized spacial score (nSPS) is 23.2. The monoisotopic (exact) mass is 272 g/mol. The smallest absolute Gasteiger partial charge is 0.348 e. The second-order valence-electron chi connectivity index (χ2n) is 4.35. The summed E-state index contributed by atoms with van der Waals surface area (Å²) >= 11 is 1.67. The van der Waals surface area contributed by atoms with Gasteiger partial charge >= 0.3 is 6.18 Å². The van der Waals surface area contributed by atoms with Crippen molar-refractivity contribution in [3.63, 3.8) is 0 Å². The number of alkyl halides is 3. The average Bonchev–Trinajstić information content (AvgIpc) is 2.88. The lowest BCUT2D eigenvalue weighted by Crippen LogP contribution is -2.21. The molecule has 0 spiro atoms. The van der Waals surface area contributed by atoms with Gasteiger partial charge in [-0.15, -0.1) is 0 Å². The fourth-order valence-corrected chi connectivity index (χ4v) is 3.25. The van der Waals surface area contributed by atoms with E-state index in [1.165, 1.54) is 12.1 Å². The standard InChI is InChI=1S/C12H11F3N2S/c13-12(14,15)9-3-1-2-8(6-9)10-7-17-4-5-18-11(17)16-10/h1-3,6,10H,4-5,7H2. The van der Waals surface area contributed by atoms with E-state index in [0.29, 0.717) is 12.1 Å². The Hall–Kier alpha value is -1.17. The van der Waals surface area contributed by atoms with E-state index in [1.54, 1.807) is 17.8 Å². The van der Waals surface area contributed by atoms with Crippen LogP contribution in [0.3, 0.4) is 0 Å². The summed E-state index contributed by atoms with van der Waals surface area (Å²) in [4.78, 5) is 6.62. The Balaban J connectivity index is 1.88. The Bertz CT molecular complexity index is 498. The van der Waals surface area contributed by atoms with E-state index in [-0.39, 0.29) is 6.04 Å². The molecule has 6 heteroatoms. The van der Waals surface area contributed by atoms with Crippen LogP contribution in [-0.4, -0.2) is 28.9 Å². The number of hydrogen-bond donors (Lipinski definition) is 0. The van der Waals surface area contributed by atoms with Gasteiger partial charge in [0.2, 0.25) is 0 Å². The van der Waals surface area contributed by atoms with Gasteiger partial charge in [-0.2, -0.15) is 13.2 Å². The largest absolute Gasteiger partial charge is 0.416 e. The van der Waals surface area contributed by atoms with E-state index in [0.717, 1.165) is 23.5 Å². The fraction of sp³-hybridized carbons (Fsp3) is 0.417. The minimum Gasteiger partial charge on any atom is -0.348 e. The van der Waals surface area contributed by atoms with Gasteiger partial charge in [0.25, 0.3) is 0 Å². The van der Waals surface area contributed by atoms with Crippen LogP contribution in [0.5, 0.6) is 0 Å². The topological polar surface area (TPSA) is 15.6 Å². The number of thioether (sulfide) groups is 1. The van der Waals surface area contributed by atoms with Crippen molar-refractivity contribution in [1.82, 2.24) is 4.90 Å². The quantitative estimate of drug-likeness (QED) is 0.780. The maximum Gasteiger partial charge on any atom is 0.416 e. The van der Waals surface area contributed by atoms with E-state index >= 15 is 0 Å². The van der Waals surface area contributed by atoms with Crippen molar-refractivity contribution in [3.05, 3.63) is 35.4 Å². The maximum absolute atomic E-state index is 12.6. The SMILES string of the molecule is FC(F)(F)c1cccc(C2CN3CCSC3=N2)c1. The highest BCUT2D eigenvalue weighted by atomic mass is 32.2. The van der Waals surface area contributed by atoms with Crippen LogP contribution < -0.4 is 0 Å². The molecule has 2 heterocycles. The van der Waals surface area contributed by atoms with Crippen LogP contribution in [-0.2, 0) is 6.18 Å². The summed E-state index contributed by atoms with van der Waals surface area (Å²) in [5.74, 6) is 1.02. The maximum atomic E-state index is 12.6. The van der Waals surface area contributed by atoms with Gasteiger partial charge in [0.05, 0.1) is 11.6 Å². The first-order chi connectivity index (χ1) is 8.54. The number of nitrogens with zero attached hydrogens (tertiary/aromatic N) is 2. The van der Waals surface area contributed by atoms with Crippen LogP contribution in [0.1, 0.15) is 17.2 Å². The number of hydrogen-bond acceptors (Lipinski definition) is 3. The molecular formula is C12H11F3N2S. The molecule has 2 nitrogen and oxygen atoms in total. The summed E-state index contributed by atoms with van der Waals surface area (Å²) in [6.45, 7) is 1.64. The second-order valence-corrected chi connectivity index (χ2v) is 5.41. The van der Waals surface area contributed by atoms with E-state index in [2.05, 4.69) is 9.89 Å². The minimum atomic E-state index is -4.29. The molecule has 1 atom stereocenters. The first kappa shape index (κ1) is 11.9. The van der Waals surface area contributed by atoms with Crippen molar-refractivity contribution in [2.45, 2.75) is 12.2 Å². The Morgan fingerprint density at radius 2 is 2.17 bits per heavy atom. The number of rotatable bonds is 1. The zero-order valence-corrected chi connectivity index (χ0v) is 10.3. The Labute approximate surface area is 107 Å². The van der Waals surface area contributed by atoms with Crippen LogP contribution in [0.25, 0.3) is 0 Å². The third-order valence-corrected chi connectivity index (χ3v) is 4.13. The van der Waals surface area contributed by atoms with Gasteiger partial charge in [-0.25, -0.2) is 0 Å². The van der Waals surface area contributed by atoms with E-state index in [9.17, 15) is 13.2 Å². The highest BCUT2D eigenvalue weighted by molar-refractivity contribution is 8.14. The van der Waals surface area contributed by atoms with E-state index < -0.39 is 11.7 Å². The Kier molecular flexibility index (Phi) is 2.77. The molecule has 1 aromatic rings. The molecule has 3 rings (SSSR count). The lowest BCUT2D eigenvalue weighted by Gasteiger charge is -2.14. The summed E-state index contributed by atoms with van der Waals surface area (Å²) < 4.78 is 37.9. The zero-order chi connectivity index (χ0) is 12.8. The molecule has 0 radical (unpaired) electrons. The molecule has 1 saturated heterocycles. The van der Waals surface area contributed by atoms with Crippen molar-refractivity contribution in [3.8, 4) is 0 Å². The third-order valence-electron chi connectivity index (χ3n) is 3.12. The Morgan fingerprint density at radius 1 is 1.33 bits per heavy atom.